The summed E-state index contributed by atoms with van der Waals surface area (Å²) in [5.74, 6) is -2.42. The van der Waals surface area contributed by atoms with E-state index in [-0.39, 0.29) is 55.1 Å². The maximum atomic E-state index is 14.3. The number of imide groups is 1. The summed E-state index contributed by atoms with van der Waals surface area (Å²) in [6, 6.07) is 5.19. The molecule has 33 heavy (non-hydrogen) atoms. The third-order valence-corrected chi connectivity index (χ3v) is 6.61. The molecule has 1 heterocycles. The third-order valence-electron chi connectivity index (χ3n) is 6.61. The zero-order chi connectivity index (χ0) is 24.1. The minimum atomic E-state index is -0.845. The van der Waals surface area contributed by atoms with E-state index in [2.05, 4.69) is 5.32 Å². The number of allylic oxidation sites excluding steroid dienone is 2. The lowest BCUT2D eigenvalue weighted by Gasteiger charge is -2.30. The molecule has 4 amide bonds. The average Bonchev–Trinajstić information content (AvgIpc) is 3.06. The average molecular weight is 458 g/mol. The minimum Gasteiger partial charge on any atom is -0.352 e. The van der Waals surface area contributed by atoms with Crippen LogP contribution in [0.5, 0.6) is 0 Å². The molecule has 3 rings (SSSR count). The summed E-state index contributed by atoms with van der Waals surface area (Å²) < 4.78 is 14.3. The molecule has 4 atom stereocenters. The Bertz CT molecular complexity index is 921. The second-order valence-electron chi connectivity index (χ2n) is 8.84. The lowest BCUT2D eigenvalue weighted by Crippen LogP contribution is -2.50. The molecule has 0 spiro atoms. The van der Waals surface area contributed by atoms with Gasteiger partial charge in [-0.1, -0.05) is 37.3 Å². The highest BCUT2D eigenvalue weighted by atomic mass is 19.1. The van der Waals surface area contributed by atoms with Gasteiger partial charge in [-0.25, -0.2) is 4.39 Å². The number of benzene rings is 1. The number of halogens is 1. The highest BCUT2D eigenvalue weighted by Gasteiger charge is 2.47. The quantitative estimate of drug-likeness (QED) is 0.456. The first-order valence-electron chi connectivity index (χ1n) is 11.6. The summed E-state index contributed by atoms with van der Waals surface area (Å²) >= 11 is 0. The van der Waals surface area contributed by atoms with E-state index in [4.69, 9.17) is 0 Å². The molecular weight excluding hydrogens is 425 g/mol. The molecule has 1 aromatic carbocycles. The van der Waals surface area contributed by atoms with E-state index in [9.17, 15) is 23.6 Å². The van der Waals surface area contributed by atoms with E-state index in [0.29, 0.717) is 18.4 Å². The van der Waals surface area contributed by atoms with Crippen molar-refractivity contribution in [3.63, 3.8) is 0 Å². The Morgan fingerprint density at radius 2 is 1.73 bits per heavy atom. The Morgan fingerprint density at radius 1 is 1.12 bits per heavy atom. The van der Waals surface area contributed by atoms with Crippen molar-refractivity contribution in [1.29, 1.82) is 0 Å². The van der Waals surface area contributed by atoms with Crippen LogP contribution < -0.4 is 5.32 Å². The van der Waals surface area contributed by atoms with Crippen LogP contribution in [0, 0.1) is 17.7 Å². The number of likely N-dealkylation sites (tertiary alicyclic amines) is 1. The van der Waals surface area contributed by atoms with E-state index < -0.39 is 17.8 Å². The number of amides is 4. The second-order valence-corrected chi connectivity index (χ2v) is 8.84. The van der Waals surface area contributed by atoms with Gasteiger partial charge in [0.25, 0.3) is 0 Å². The molecule has 1 fully saturated rings. The van der Waals surface area contributed by atoms with Gasteiger partial charge < -0.3 is 10.2 Å². The van der Waals surface area contributed by atoms with Gasteiger partial charge in [0.1, 0.15) is 11.9 Å². The maximum Gasteiger partial charge on any atom is 0.242 e. The molecule has 0 saturated carbocycles. The predicted molar refractivity (Wildman–Crippen MR) is 121 cm³/mol. The number of nitrogens with one attached hydrogen (secondary N) is 1. The van der Waals surface area contributed by atoms with Gasteiger partial charge in [0.15, 0.2) is 0 Å². The number of nitrogens with zero attached hydrogens (tertiary/aromatic N) is 2. The Kier molecular flexibility index (Phi) is 8.00. The summed E-state index contributed by atoms with van der Waals surface area (Å²) in [6.07, 6.45) is 5.50. The van der Waals surface area contributed by atoms with Gasteiger partial charge in [-0.15, -0.1) is 0 Å². The smallest absolute Gasteiger partial charge is 0.242 e. The van der Waals surface area contributed by atoms with Crippen molar-refractivity contribution < 1.29 is 23.6 Å². The van der Waals surface area contributed by atoms with E-state index >= 15 is 0 Å². The van der Waals surface area contributed by atoms with Crippen molar-refractivity contribution in [3.05, 3.63) is 47.8 Å². The molecule has 0 bridgehead atoms. The second kappa shape index (κ2) is 10.7. The fourth-order valence-corrected chi connectivity index (χ4v) is 4.30. The minimum absolute atomic E-state index is 0.0447. The molecular formula is C25H32FN3O4. The first kappa shape index (κ1) is 24.6. The van der Waals surface area contributed by atoms with Crippen LogP contribution >= 0.6 is 0 Å². The number of hydrogen-bond donors (Lipinski definition) is 1. The van der Waals surface area contributed by atoms with Crippen LogP contribution in [-0.4, -0.2) is 52.1 Å². The normalized spacial score (nSPS) is 21.5. The molecule has 7 nitrogen and oxygen atoms in total. The van der Waals surface area contributed by atoms with E-state index in [1.165, 1.54) is 15.9 Å². The standard InChI is InChI=1S/C25H32FN3O4/c1-4-16(2)27-23(31)17(3)29(15-18-9-5-8-12-21(18)26)22(30)13-14-28-24(32)19-10-6-7-11-20(19)25(28)33/h5-9,12,16-17,19-20H,4,10-11,13-15H2,1-3H3,(H,27,31)/t16-,17+,19-,20+/m1/s1. The summed E-state index contributed by atoms with van der Waals surface area (Å²) in [5.41, 5.74) is 0.291. The van der Waals surface area contributed by atoms with Gasteiger partial charge in [0.2, 0.25) is 23.6 Å². The van der Waals surface area contributed by atoms with Crippen molar-refractivity contribution in [2.24, 2.45) is 11.8 Å². The molecule has 2 aliphatic rings. The number of carbonyl (C=O) groups is 4. The molecule has 8 heteroatoms. The van der Waals surface area contributed by atoms with Crippen molar-refractivity contribution in [2.75, 3.05) is 6.54 Å². The zero-order valence-electron chi connectivity index (χ0n) is 19.4. The van der Waals surface area contributed by atoms with Crippen LogP contribution in [0.3, 0.4) is 0 Å². The number of rotatable bonds is 9. The van der Waals surface area contributed by atoms with Gasteiger partial charge in [0.05, 0.1) is 11.8 Å². The van der Waals surface area contributed by atoms with Gasteiger partial charge in [-0.2, -0.15) is 0 Å². The summed E-state index contributed by atoms with van der Waals surface area (Å²) in [5, 5.41) is 2.86. The Hall–Kier alpha value is -3.03. The molecule has 1 aliphatic carbocycles. The molecule has 1 aromatic rings. The number of carbonyl (C=O) groups excluding carboxylic acids is 4. The van der Waals surface area contributed by atoms with Gasteiger partial charge in [0, 0.05) is 31.1 Å². The topological polar surface area (TPSA) is 86.8 Å². The fourth-order valence-electron chi connectivity index (χ4n) is 4.30. The van der Waals surface area contributed by atoms with Crippen molar-refractivity contribution in [2.45, 2.75) is 65.1 Å². The molecule has 1 aliphatic heterocycles. The van der Waals surface area contributed by atoms with Crippen LogP contribution in [-0.2, 0) is 25.7 Å². The molecule has 0 aromatic heterocycles. The first-order chi connectivity index (χ1) is 15.7. The summed E-state index contributed by atoms with van der Waals surface area (Å²) in [4.78, 5) is 53.8. The predicted octanol–water partition coefficient (Wildman–Crippen LogP) is 2.80. The number of fused-ring (bicyclic) bond motifs is 1. The van der Waals surface area contributed by atoms with Crippen LogP contribution in [0.1, 0.15) is 52.0 Å². The lowest BCUT2D eigenvalue weighted by atomic mass is 9.85. The first-order valence-corrected chi connectivity index (χ1v) is 11.6. The van der Waals surface area contributed by atoms with Crippen LogP contribution in [0.15, 0.2) is 36.4 Å². The van der Waals surface area contributed by atoms with Gasteiger partial charge in [-0.05, 0) is 39.2 Å². The number of hydrogen-bond acceptors (Lipinski definition) is 4. The Balaban J connectivity index is 1.73. The van der Waals surface area contributed by atoms with Crippen LogP contribution in [0.25, 0.3) is 0 Å². The van der Waals surface area contributed by atoms with Crippen molar-refractivity contribution >= 4 is 23.6 Å². The summed E-state index contributed by atoms with van der Waals surface area (Å²) in [7, 11) is 0. The SMILES string of the molecule is CC[C@@H](C)NC(=O)[C@H](C)N(Cc1ccccc1F)C(=O)CCN1C(=O)[C@H]2CC=CC[C@H]2C1=O. The molecule has 0 radical (unpaired) electrons. The van der Waals surface area contributed by atoms with Crippen LogP contribution in [0.2, 0.25) is 0 Å². The van der Waals surface area contributed by atoms with Crippen molar-refractivity contribution in [1.82, 2.24) is 15.1 Å². The van der Waals surface area contributed by atoms with Crippen LogP contribution in [0.4, 0.5) is 4.39 Å². The Labute approximate surface area is 194 Å². The van der Waals surface area contributed by atoms with E-state index in [1.807, 2.05) is 26.0 Å². The molecule has 0 unspecified atom stereocenters. The molecule has 1 N–H and O–H groups in total. The lowest BCUT2D eigenvalue weighted by molar-refractivity contribution is -0.144. The van der Waals surface area contributed by atoms with Crippen molar-refractivity contribution in [3.8, 4) is 0 Å². The third kappa shape index (κ3) is 5.49. The van der Waals surface area contributed by atoms with Gasteiger partial charge >= 0.3 is 0 Å². The molecule has 178 valence electrons. The van der Waals surface area contributed by atoms with E-state index in [0.717, 1.165) is 6.42 Å². The summed E-state index contributed by atoms with van der Waals surface area (Å²) in [6.45, 7) is 5.28. The highest BCUT2D eigenvalue weighted by Crippen LogP contribution is 2.35. The van der Waals surface area contributed by atoms with Gasteiger partial charge in [-0.3, -0.25) is 24.1 Å². The molecule has 1 saturated heterocycles. The Morgan fingerprint density at radius 3 is 2.30 bits per heavy atom. The largest absolute Gasteiger partial charge is 0.352 e. The van der Waals surface area contributed by atoms with E-state index in [1.54, 1.807) is 25.1 Å². The zero-order valence-corrected chi connectivity index (χ0v) is 19.4. The fraction of sp³-hybridized carbons (Fsp3) is 0.520. The monoisotopic (exact) mass is 457 g/mol. The maximum absolute atomic E-state index is 14.3. The highest BCUT2D eigenvalue weighted by molar-refractivity contribution is 6.05.